The van der Waals surface area contributed by atoms with Gasteiger partial charge in [-0.2, -0.15) is 0 Å². The number of hydrogen-bond acceptors (Lipinski definition) is 1. The van der Waals surface area contributed by atoms with Gasteiger partial charge in [0.05, 0.1) is 0 Å². The Morgan fingerprint density at radius 1 is 1.22 bits per heavy atom. The molecule has 18 heavy (non-hydrogen) atoms. The predicted octanol–water partition coefficient (Wildman–Crippen LogP) is 4.78. The first kappa shape index (κ1) is 15.8. The third-order valence-electron chi connectivity index (χ3n) is 4.60. The van der Waals surface area contributed by atoms with Gasteiger partial charge in [0.1, 0.15) is 0 Å². The highest BCUT2D eigenvalue weighted by Crippen LogP contribution is 2.38. The van der Waals surface area contributed by atoms with Crippen LogP contribution in [0.1, 0.15) is 65.7 Å². The molecule has 1 rings (SSSR count). The van der Waals surface area contributed by atoms with E-state index in [9.17, 15) is 0 Å². The van der Waals surface area contributed by atoms with Crippen LogP contribution in [0.3, 0.4) is 0 Å². The second-order valence-corrected chi connectivity index (χ2v) is 6.31. The summed E-state index contributed by atoms with van der Waals surface area (Å²) in [5.41, 5.74) is 1.36. The first-order valence-electron chi connectivity index (χ1n) is 8.02. The number of hydrogen-bond donors (Lipinski definition) is 1. The van der Waals surface area contributed by atoms with E-state index in [1.165, 1.54) is 63.6 Å². The van der Waals surface area contributed by atoms with Crippen LogP contribution in [0.15, 0.2) is 12.2 Å². The first-order valence-corrected chi connectivity index (χ1v) is 8.02. The topological polar surface area (TPSA) is 12.0 Å². The fraction of sp³-hybridized carbons (Fsp3) is 0.882. The Morgan fingerprint density at radius 3 is 2.61 bits per heavy atom. The molecule has 3 unspecified atom stereocenters. The molecule has 0 aliphatic heterocycles. The summed E-state index contributed by atoms with van der Waals surface area (Å²) in [7, 11) is 0. The summed E-state index contributed by atoms with van der Waals surface area (Å²) in [5, 5.41) is 3.63. The Morgan fingerprint density at radius 2 is 2.00 bits per heavy atom. The Labute approximate surface area is 114 Å². The Bertz CT molecular complexity index is 232. The fourth-order valence-electron chi connectivity index (χ4n) is 3.31. The zero-order valence-electron chi connectivity index (χ0n) is 12.8. The van der Waals surface area contributed by atoms with Gasteiger partial charge in [0.15, 0.2) is 0 Å². The standard InChI is InChI=1S/C17H33N/c1-5-11-18-13-17-10-8-15(6-2)12-16(17)9-7-14(3)4/h15-18H,3,5-13H2,1-2,4H3. The van der Waals surface area contributed by atoms with Gasteiger partial charge in [-0.1, -0.05) is 32.3 Å². The molecule has 1 saturated carbocycles. The predicted molar refractivity (Wildman–Crippen MR) is 81.8 cm³/mol. The van der Waals surface area contributed by atoms with E-state index in [0.29, 0.717) is 0 Å². The van der Waals surface area contributed by atoms with E-state index in [1.54, 1.807) is 0 Å². The second-order valence-electron chi connectivity index (χ2n) is 6.31. The number of rotatable bonds is 8. The maximum absolute atomic E-state index is 4.06. The van der Waals surface area contributed by atoms with Crippen LogP contribution in [-0.2, 0) is 0 Å². The molecule has 0 spiro atoms. The van der Waals surface area contributed by atoms with E-state index in [1.807, 2.05) is 0 Å². The lowest BCUT2D eigenvalue weighted by molar-refractivity contribution is 0.163. The number of nitrogens with one attached hydrogen (secondary N) is 1. The summed E-state index contributed by atoms with van der Waals surface area (Å²) in [6.07, 6.45) is 9.58. The molecular formula is C17H33N. The zero-order chi connectivity index (χ0) is 13.4. The van der Waals surface area contributed by atoms with Crippen LogP contribution in [0.25, 0.3) is 0 Å². The molecule has 1 nitrogen and oxygen atoms in total. The highest BCUT2D eigenvalue weighted by molar-refractivity contribution is 4.90. The van der Waals surface area contributed by atoms with E-state index < -0.39 is 0 Å². The Kier molecular flexibility index (Phi) is 7.65. The summed E-state index contributed by atoms with van der Waals surface area (Å²) in [4.78, 5) is 0. The summed E-state index contributed by atoms with van der Waals surface area (Å²) in [5.74, 6) is 2.84. The third kappa shape index (κ3) is 5.56. The molecule has 0 aromatic rings. The lowest BCUT2D eigenvalue weighted by Crippen LogP contribution is -2.33. The maximum atomic E-state index is 4.06. The van der Waals surface area contributed by atoms with Crippen molar-refractivity contribution in [3.05, 3.63) is 12.2 Å². The largest absolute Gasteiger partial charge is 0.316 e. The van der Waals surface area contributed by atoms with Crippen LogP contribution in [0.5, 0.6) is 0 Å². The van der Waals surface area contributed by atoms with Gasteiger partial charge in [0, 0.05) is 0 Å². The molecule has 1 heteroatoms. The summed E-state index contributed by atoms with van der Waals surface area (Å²) in [6.45, 7) is 13.3. The normalized spacial score (nSPS) is 28.3. The molecule has 0 aromatic heterocycles. The molecule has 106 valence electrons. The van der Waals surface area contributed by atoms with Crippen molar-refractivity contribution < 1.29 is 0 Å². The molecule has 0 amide bonds. The van der Waals surface area contributed by atoms with E-state index in [2.05, 4.69) is 32.7 Å². The minimum Gasteiger partial charge on any atom is -0.316 e. The van der Waals surface area contributed by atoms with Gasteiger partial charge in [-0.15, -0.1) is 6.58 Å². The van der Waals surface area contributed by atoms with Crippen LogP contribution in [0, 0.1) is 17.8 Å². The molecule has 0 heterocycles. The van der Waals surface area contributed by atoms with Crippen LogP contribution in [0.4, 0.5) is 0 Å². The molecule has 1 N–H and O–H groups in total. The lowest BCUT2D eigenvalue weighted by atomic mass is 9.71. The van der Waals surface area contributed by atoms with Crippen molar-refractivity contribution in [2.24, 2.45) is 17.8 Å². The van der Waals surface area contributed by atoms with Crippen LogP contribution >= 0.6 is 0 Å². The first-order chi connectivity index (χ1) is 8.67. The quantitative estimate of drug-likeness (QED) is 0.483. The molecule has 0 radical (unpaired) electrons. The SMILES string of the molecule is C=C(C)CCC1CC(CC)CCC1CNCCC. The molecule has 1 aliphatic carbocycles. The Hall–Kier alpha value is -0.300. The summed E-state index contributed by atoms with van der Waals surface area (Å²) < 4.78 is 0. The van der Waals surface area contributed by atoms with E-state index in [-0.39, 0.29) is 0 Å². The fourth-order valence-corrected chi connectivity index (χ4v) is 3.31. The molecule has 3 atom stereocenters. The summed E-state index contributed by atoms with van der Waals surface area (Å²) >= 11 is 0. The van der Waals surface area contributed by atoms with Gasteiger partial charge in [-0.25, -0.2) is 0 Å². The lowest BCUT2D eigenvalue weighted by Gasteiger charge is -2.36. The number of allylic oxidation sites excluding steroid dienone is 1. The maximum Gasteiger partial charge on any atom is -0.00179 e. The average molecular weight is 251 g/mol. The van der Waals surface area contributed by atoms with Crippen molar-refractivity contribution >= 4 is 0 Å². The average Bonchev–Trinajstić information content (AvgIpc) is 2.37. The van der Waals surface area contributed by atoms with Gasteiger partial charge < -0.3 is 5.32 Å². The minimum atomic E-state index is 0.915. The van der Waals surface area contributed by atoms with Crippen molar-refractivity contribution in [2.75, 3.05) is 13.1 Å². The smallest absolute Gasteiger partial charge is 0.00179 e. The van der Waals surface area contributed by atoms with E-state index >= 15 is 0 Å². The monoisotopic (exact) mass is 251 g/mol. The minimum absolute atomic E-state index is 0.915. The van der Waals surface area contributed by atoms with Crippen molar-refractivity contribution in [2.45, 2.75) is 65.7 Å². The molecule has 0 bridgehead atoms. The van der Waals surface area contributed by atoms with Gasteiger partial charge >= 0.3 is 0 Å². The summed E-state index contributed by atoms with van der Waals surface area (Å²) in [6, 6.07) is 0. The van der Waals surface area contributed by atoms with E-state index in [4.69, 9.17) is 0 Å². The van der Waals surface area contributed by atoms with E-state index in [0.717, 1.165) is 17.8 Å². The highest BCUT2D eigenvalue weighted by atomic mass is 14.9. The van der Waals surface area contributed by atoms with Gasteiger partial charge in [0.25, 0.3) is 0 Å². The third-order valence-corrected chi connectivity index (χ3v) is 4.60. The highest BCUT2D eigenvalue weighted by Gasteiger charge is 2.28. The molecule has 1 fully saturated rings. The molecule has 0 saturated heterocycles. The molecule has 1 aliphatic rings. The van der Waals surface area contributed by atoms with Crippen molar-refractivity contribution in [1.82, 2.24) is 5.32 Å². The molecular weight excluding hydrogens is 218 g/mol. The second kappa shape index (κ2) is 8.74. The Balaban J connectivity index is 2.42. The zero-order valence-corrected chi connectivity index (χ0v) is 12.8. The van der Waals surface area contributed by atoms with Crippen molar-refractivity contribution in [3.63, 3.8) is 0 Å². The van der Waals surface area contributed by atoms with Crippen LogP contribution in [-0.4, -0.2) is 13.1 Å². The van der Waals surface area contributed by atoms with Crippen LogP contribution < -0.4 is 5.32 Å². The molecule has 0 aromatic carbocycles. The van der Waals surface area contributed by atoms with Crippen molar-refractivity contribution in [1.29, 1.82) is 0 Å². The van der Waals surface area contributed by atoms with Gasteiger partial charge in [0.2, 0.25) is 0 Å². The van der Waals surface area contributed by atoms with Crippen molar-refractivity contribution in [3.8, 4) is 0 Å². The van der Waals surface area contributed by atoms with Gasteiger partial charge in [-0.05, 0) is 69.9 Å². The van der Waals surface area contributed by atoms with Gasteiger partial charge in [-0.3, -0.25) is 0 Å². The van der Waals surface area contributed by atoms with Crippen LogP contribution in [0.2, 0.25) is 0 Å².